The van der Waals surface area contributed by atoms with Crippen molar-refractivity contribution in [2.75, 3.05) is 24.2 Å². The number of nitrogens with one attached hydrogen (secondary N) is 1. The number of hydrogen-bond donors (Lipinski definition) is 1. The van der Waals surface area contributed by atoms with Crippen molar-refractivity contribution in [3.05, 3.63) is 53.6 Å². The number of anilines is 1. The molecule has 0 bridgehead atoms. The number of hydrogen-bond acceptors (Lipinski definition) is 4. The van der Waals surface area contributed by atoms with Gasteiger partial charge in [-0.1, -0.05) is 29.5 Å². The lowest BCUT2D eigenvalue weighted by Gasteiger charge is -2.30. The number of sulfonamides is 1. The molecular formula is C22H28N2O3S2. The zero-order valence-corrected chi connectivity index (χ0v) is 18.8. The van der Waals surface area contributed by atoms with Gasteiger partial charge in [0, 0.05) is 34.5 Å². The molecule has 3 rings (SSSR count). The molecule has 1 heterocycles. The minimum Gasteiger partial charge on any atom is -0.326 e. The molecule has 156 valence electrons. The van der Waals surface area contributed by atoms with Gasteiger partial charge in [-0.3, -0.25) is 4.79 Å². The van der Waals surface area contributed by atoms with Crippen molar-refractivity contribution in [1.29, 1.82) is 0 Å². The SMILES string of the molecule is CCS(=O)(=O)N1CCC(C(=O)Nc2ccc(Sc3ccc(C)cc3C)cc2)CC1. The third-order valence-corrected chi connectivity index (χ3v) is 8.33. The van der Waals surface area contributed by atoms with Crippen molar-refractivity contribution < 1.29 is 13.2 Å². The van der Waals surface area contributed by atoms with Gasteiger partial charge in [-0.05, 0) is 69.5 Å². The molecule has 1 N–H and O–H groups in total. The van der Waals surface area contributed by atoms with Crippen LogP contribution in [0.3, 0.4) is 0 Å². The molecule has 2 aromatic carbocycles. The zero-order valence-electron chi connectivity index (χ0n) is 17.1. The number of benzene rings is 2. The number of amides is 1. The molecule has 1 amide bonds. The van der Waals surface area contributed by atoms with Crippen LogP contribution in [0.4, 0.5) is 5.69 Å². The van der Waals surface area contributed by atoms with E-state index in [0.717, 1.165) is 10.6 Å². The Kier molecular flexibility index (Phi) is 7.03. The largest absolute Gasteiger partial charge is 0.326 e. The summed E-state index contributed by atoms with van der Waals surface area (Å²) in [5, 5.41) is 2.97. The van der Waals surface area contributed by atoms with Gasteiger partial charge in [0.25, 0.3) is 0 Å². The highest BCUT2D eigenvalue weighted by Crippen LogP contribution is 2.31. The van der Waals surface area contributed by atoms with Crippen molar-refractivity contribution >= 4 is 33.4 Å². The number of carbonyl (C=O) groups is 1. The molecule has 1 aliphatic heterocycles. The molecule has 0 aliphatic carbocycles. The normalized spacial score (nSPS) is 16.0. The molecule has 29 heavy (non-hydrogen) atoms. The first-order chi connectivity index (χ1) is 13.8. The first kappa shape index (κ1) is 21.9. The fraction of sp³-hybridized carbons (Fsp3) is 0.409. The minimum absolute atomic E-state index is 0.0340. The predicted molar refractivity (Wildman–Crippen MR) is 119 cm³/mol. The minimum atomic E-state index is -3.17. The standard InChI is InChI=1S/C22H28N2O3S2/c1-4-29(26,27)24-13-11-18(12-14-24)22(25)23-19-6-8-20(9-7-19)28-21-10-5-16(2)15-17(21)3/h5-10,15,18H,4,11-14H2,1-3H3,(H,23,25). The summed E-state index contributed by atoms with van der Waals surface area (Å²) in [6.07, 6.45) is 1.12. The van der Waals surface area contributed by atoms with Crippen LogP contribution in [0.1, 0.15) is 30.9 Å². The van der Waals surface area contributed by atoms with E-state index in [9.17, 15) is 13.2 Å². The molecule has 7 heteroatoms. The van der Waals surface area contributed by atoms with Crippen molar-refractivity contribution in [3.63, 3.8) is 0 Å². The smallest absolute Gasteiger partial charge is 0.227 e. The van der Waals surface area contributed by atoms with Gasteiger partial charge in [0.05, 0.1) is 5.75 Å². The molecule has 0 aromatic heterocycles. The van der Waals surface area contributed by atoms with E-state index in [2.05, 4.69) is 37.4 Å². The molecule has 2 aromatic rings. The van der Waals surface area contributed by atoms with E-state index in [0.29, 0.717) is 25.9 Å². The van der Waals surface area contributed by atoms with E-state index in [1.165, 1.54) is 20.3 Å². The highest BCUT2D eigenvalue weighted by Gasteiger charge is 2.30. The van der Waals surface area contributed by atoms with Gasteiger partial charge in [0.1, 0.15) is 0 Å². The van der Waals surface area contributed by atoms with Gasteiger partial charge in [0.2, 0.25) is 15.9 Å². The molecule has 0 saturated carbocycles. The summed E-state index contributed by atoms with van der Waals surface area (Å²) in [5.74, 6) is -0.0769. The Balaban J connectivity index is 1.55. The number of carbonyl (C=O) groups excluding carboxylic acids is 1. The highest BCUT2D eigenvalue weighted by molar-refractivity contribution is 7.99. The lowest BCUT2D eigenvalue weighted by atomic mass is 9.97. The van der Waals surface area contributed by atoms with Crippen LogP contribution < -0.4 is 5.32 Å². The third-order valence-electron chi connectivity index (χ3n) is 5.26. The van der Waals surface area contributed by atoms with Crippen molar-refractivity contribution in [1.82, 2.24) is 4.31 Å². The van der Waals surface area contributed by atoms with Crippen LogP contribution in [0.2, 0.25) is 0 Å². The van der Waals surface area contributed by atoms with Crippen LogP contribution in [-0.4, -0.2) is 37.5 Å². The summed E-state index contributed by atoms with van der Waals surface area (Å²) >= 11 is 1.71. The van der Waals surface area contributed by atoms with E-state index in [-0.39, 0.29) is 17.6 Å². The van der Waals surface area contributed by atoms with Crippen LogP contribution in [0.25, 0.3) is 0 Å². The summed E-state index contributed by atoms with van der Waals surface area (Å²) in [5.41, 5.74) is 3.27. The van der Waals surface area contributed by atoms with Crippen molar-refractivity contribution in [2.45, 2.75) is 43.4 Å². The van der Waals surface area contributed by atoms with Gasteiger partial charge in [-0.15, -0.1) is 0 Å². The fourth-order valence-electron chi connectivity index (χ4n) is 3.47. The Morgan fingerprint density at radius 3 is 2.34 bits per heavy atom. The Hall–Kier alpha value is -1.83. The lowest BCUT2D eigenvalue weighted by molar-refractivity contribution is -0.120. The highest BCUT2D eigenvalue weighted by atomic mass is 32.2. The third kappa shape index (κ3) is 5.62. The first-order valence-corrected chi connectivity index (χ1v) is 12.3. The maximum Gasteiger partial charge on any atom is 0.227 e. The predicted octanol–water partition coefficient (Wildman–Crippen LogP) is 4.45. The molecule has 1 aliphatic rings. The monoisotopic (exact) mass is 432 g/mol. The van der Waals surface area contributed by atoms with Gasteiger partial charge in [-0.2, -0.15) is 0 Å². The van der Waals surface area contributed by atoms with Crippen LogP contribution in [-0.2, 0) is 14.8 Å². The topological polar surface area (TPSA) is 66.5 Å². The molecule has 0 spiro atoms. The second-order valence-corrected chi connectivity index (χ2v) is 10.8. The fourth-order valence-corrected chi connectivity index (χ4v) is 5.48. The van der Waals surface area contributed by atoms with E-state index in [1.807, 2.05) is 24.3 Å². The molecule has 1 fully saturated rings. The summed E-state index contributed by atoms with van der Waals surface area (Å²) in [4.78, 5) is 14.9. The second-order valence-electron chi connectivity index (χ2n) is 7.46. The summed E-state index contributed by atoms with van der Waals surface area (Å²) in [7, 11) is -3.17. The molecule has 1 saturated heterocycles. The van der Waals surface area contributed by atoms with Gasteiger partial charge < -0.3 is 5.32 Å². The van der Waals surface area contributed by atoms with E-state index >= 15 is 0 Å². The Morgan fingerprint density at radius 2 is 1.76 bits per heavy atom. The molecule has 0 unspecified atom stereocenters. The maximum absolute atomic E-state index is 12.6. The average molecular weight is 433 g/mol. The molecule has 0 radical (unpaired) electrons. The van der Waals surface area contributed by atoms with Crippen LogP contribution in [0.15, 0.2) is 52.3 Å². The van der Waals surface area contributed by atoms with Gasteiger partial charge in [-0.25, -0.2) is 12.7 Å². The molecule has 0 atom stereocenters. The Labute approximate surface area is 177 Å². The number of rotatable bonds is 6. The summed E-state index contributed by atoms with van der Waals surface area (Å²) in [6, 6.07) is 14.3. The number of nitrogens with zero attached hydrogens (tertiary/aromatic N) is 1. The van der Waals surface area contributed by atoms with Crippen LogP contribution >= 0.6 is 11.8 Å². The average Bonchev–Trinajstić information content (AvgIpc) is 2.71. The van der Waals surface area contributed by atoms with Crippen LogP contribution in [0, 0.1) is 19.8 Å². The van der Waals surface area contributed by atoms with Crippen molar-refractivity contribution in [2.24, 2.45) is 5.92 Å². The van der Waals surface area contributed by atoms with Crippen molar-refractivity contribution in [3.8, 4) is 0 Å². The zero-order chi connectivity index (χ0) is 21.0. The molecule has 5 nitrogen and oxygen atoms in total. The number of piperidine rings is 1. The summed E-state index contributed by atoms with van der Waals surface area (Å²) < 4.78 is 25.4. The van der Waals surface area contributed by atoms with Gasteiger partial charge >= 0.3 is 0 Å². The number of aryl methyl sites for hydroxylation is 2. The quantitative estimate of drug-likeness (QED) is 0.732. The Bertz CT molecular complexity index is 964. The summed E-state index contributed by atoms with van der Waals surface area (Å²) in [6.45, 7) is 6.68. The van der Waals surface area contributed by atoms with E-state index < -0.39 is 10.0 Å². The lowest BCUT2D eigenvalue weighted by Crippen LogP contribution is -2.42. The molecular weight excluding hydrogens is 404 g/mol. The maximum atomic E-state index is 12.6. The second kappa shape index (κ2) is 9.32. The van der Waals surface area contributed by atoms with E-state index in [1.54, 1.807) is 18.7 Å². The van der Waals surface area contributed by atoms with Gasteiger partial charge in [0.15, 0.2) is 0 Å². The first-order valence-electron chi connectivity index (χ1n) is 9.92. The Morgan fingerprint density at radius 1 is 1.10 bits per heavy atom. The van der Waals surface area contributed by atoms with Crippen LogP contribution in [0.5, 0.6) is 0 Å². The van der Waals surface area contributed by atoms with E-state index in [4.69, 9.17) is 0 Å².